The van der Waals surface area contributed by atoms with Crippen LogP contribution in [0.3, 0.4) is 0 Å². The van der Waals surface area contributed by atoms with E-state index in [1.165, 1.54) is 103 Å². The van der Waals surface area contributed by atoms with Gasteiger partial charge in [0, 0.05) is 42.6 Å². The van der Waals surface area contributed by atoms with Gasteiger partial charge in [-0.25, -0.2) is 0 Å². The Hall–Kier alpha value is -7.00. The smallest absolute Gasteiger partial charge is 0.0541 e. The summed E-state index contributed by atoms with van der Waals surface area (Å²) >= 11 is 1.90. The lowest BCUT2D eigenvalue weighted by atomic mass is 9.83. The van der Waals surface area contributed by atoms with Gasteiger partial charge in [0.1, 0.15) is 0 Å². The Morgan fingerprint density at radius 3 is 1.83 bits per heavy atom. The molecule has 2 heterocycles. The van der Waals surface area contributed by atoms with Gasteiger partial charge in [0.15, 0.2) is 0 Å². The quantitative estimate of drug-likeness (QED) is 0.152. The third-order valence-corrected chi connectivity index (χ3v) is 13.4. The second-order valence-corrected chi connectivity index (χ2v) is 16.8. The Morgan fingerprint density at radius 1 is 0.390 bits per heavy atom. The van der Waals surface area contributed by atoms with Gasteiger partial charge in [-0.15, -0.1) is 11.3 Å². The number of aryl methyl sites for hydroxylation is 1. The lowest BCUT2D eigenvalue weighted by Crippen LogP contribution is -2.01. The minimum atomic E-state index is 0.168. The summed E-state index contributed by atoms with van der Waals surface area (Å²) in [5, 5.41) is 5.21. The first-order valence-electron chi connectivity index (χ1n) is 20.5. The highest BCUT2D eigenvalue weighted by Gasteiger charge is 2.21. The van der Waals surface area contributed by atoms with E-state index in [4.69, 9.17) is 0 Å². The molecular weight excluding hydrogens is 731 g/mol. The summed E-state index contributed by atoms with van der Waals surface area (Å²) in [6.45, 7) is 4.63. The van der Waals surface area contributed by atoms with Crippen molar-refractivity contribution in [1.82, 2.24) is 4.57 Å². The van der Waals surface area contributed by atoms with Crippen LogP contribution in [0.5, 0.6) is 0 Å². The Labute approximate surface area is 349 Å². The number of hydrogen-bond acceptors (Lipinski definition) is 1. The molecule has 2 aromatic heterocycles. The molecular formula is C57H41NS. The Morgan fingerprint density at radius 2 is 1.02 bits per heavy atom. The molecule has 9 aromatic carbocycles. The SMILES string of the molecule is Cc1ccccc1-c1cc(-c2ccc3c(c2)c2ccccc2n3-c2cccc(-c3ccccc3)c2)ccc1C(C)c1cccc2sc3cc(-c4ccccc4)ccc3c12. The zero-order valence-corrected chi connectivity index (χ0v) is 33.9. The van der Waals surface area contributed by atoms with Gasteiger partial charge in [0.2, 0.25) is 0 Å². The second-order valence-electron chi connectivity index (χ2n) is 15.7. The molecule has 0 aliphatic rings. The molecule has 11 aromatic rings. The molecule has 0 aliphatic carbocycles. The van der Waals surface area contributed by atoms with Gasteiger partial charge in [-0.3, -0.25) is 0 Å². The van der Waals surface area contributed by atoms with Crippen LogP contribution in [0.4, 0.5) is 0 Å². The molecule has 0 N–H and O–H groups in total. The average Bonchev–Trinajstić information content (AvgIpc) is 3.84. The maximum Gasteiger partial charge on any atom is 0.0541 e. The molecule has 0 radical (unpaired) electrons. The van der Waals surface area contributed by atoms with Gasteiger partial charge < -0.3 is 4.57 Å². The highest BCUT2D eigenvalue weighted by atomic mass is 32.1. The van der Waals surface area contributed by atoms with E-state index in [2.05, 4.69) is 225 Å². The molecule has 1 unspecified atom stereocenters. The molecule has 280 valence electrons. The summed E-state index contributed by atoms with van der Waals surface area (Å²) in [4.78, 5) is 0. The lowest BCUT2D eigenvalue weighted by Gasteiger charge is -2.21. The van der Waals surface area contributed by atoms with Gasteiger partial charge in [0.05, 0.1) is 11.0 Å². The van der Waals surface area contributed by atoms with Crippen molar-refractivity contribution in [2.24, 2.45) is 0 Å². The van der Waals surface area contributed by atoms with E-state index in [9.17, 15) is 0 Å². The minimum absolute atomic E-state index is 0.168. The van der Waals surface area contributed by atoms with Crippen LogP contribution in [0.1, 0.15) is 29.5 Å². The molecule has 0 amide bonds. The summed E-state index contributed by atoms with van der Waals surface area (Å²) in [5.74, 6) is 0.168. The van der Waals surface area contributed by atoms with Crippen molar-refractivity contribution in [3.63, 3.8) is 0 Å². The number of nitrogens with zero attached hydrogens (tertiary/aromatic N) is 1. The van der Waals surface area contributed by atoms with Crippen molar-refractivity contribution in [3.05, 3.63) is 223 Å². The van der Waals surface area contributed by atoms with Crippen LogP contribution in [0.2, 0.25) is 0 Å². The molecule has 0 spiro atoms. The van der Waals surface area contributed by atoms with Gasteiger partial charge >= 0.3 is 0 Å². The largest absolute Gasteiger partial charge is 0.309 e. The van der Waals surface area contributed by atoms with Gasteiger partial charge in [0.25, 0.3) is 0 Å². The molecule has 11 rings (SSSR count). The predicted molar refractivity (Wildman–Crippen MR) is 254 cm³/mol. The molecule has 0 aliphatic heterocycles. The van der Waals surface area contributed by atoms with E-state index in [-0.39, 0.29) is 5.92 Å². The number of aromatic nitrogens is 1. The number of rotatable bonds is 7. The first-order chi connectivity index (χ1) is 29.1. The van der Waals surface area contributed by atoms with E-state index in [0.717, 1.165) is 5.69 Å². The van der Waals surface area contributed by atoms with Crippen molar-refractivity contribution in [2.45, 2.75) is 19.8 Å². The van der Waals surface area contributed by atoms with E-state index < -0.39 is 0 Å². The first kappa shape index (κ1) is 35.2. The Kier molecular flexibility index (Phi) is 8.61. The zero-order chi connectivity index (χ0) is 39.5. The Balaban J connectivity index is 1.04. The van der Waals surface area contributed by atoms with Crippen molar-refractivity contribution in [2.75, 3.05) is 0 Å². The maximum absolute atomic E-state index is 2.44. The monoisotopic (exact) mass is 771 g/mol. The molecule has 1 nitrogen and oxygen atoms in total. The first-order valence-corrected chi connectivity index (χ1v) is 21.3. The van der Waals surface area contributed by atoms with Gasteiger partial charge in [-0.2, -0.15) is 0 Å². The van der Waals surface area contributed by atoms with Crippen LogP contribution in [-0.2, 0) is 0 Å². The zero-order valence-electron chi connectivity index (χ0n) is 33.1. The van der Waals surface area contributed by atoms with Crippen molar-refractivity contribution < 1.29 is 0 Å². The summed E-state index contributed by atoms with van der Waals surface area (Å²) in [5.41, 5.74) is 17.5. The van der Waals surface area contributed by atoms with Crippen molar-refractivity contribution >= 4 is 53.3 Å². The molecule has 0 bridgehead atoms. The van der Waals surface area contributed by atoms with Crippen LogP contribution in [0.25, 0.3) is 92.2 Å². The molecule has 2 heteroatoms. The third-order valence-electron chi connectivity index (χ3n) is 12.3. The molecule has 1 atom stereocenters. The topological polar surface area (TPSA) is 4.93 Å². The fraction of sp³-hybridized carbons (Fsp3) is 0.0526. The predicted octanol–water partition coefficient (Wildman–Crippen LogP) is 16.3. The highest BCUT2D eigenvalue weighted by molar-refractivity contribution is 7.25. The molecule has 0 saturated heterocycles. The molecule has 0 fully saturated rings. The highest BCUT2D eigenvalue weighted by Crippen LogP contribution is 2.45. The van der Waals surface area contributed by atoms with Crippen LogP contribution < -0.4 is 0 Å². The van der Waals surface area contributed by atoms with E-state index in [1.807, 2.05) is 11.3 Å². The van der Waals surface area contributed by atoms with Crippen molar-refractivity contribution in [1.29, 1.82) is 0 Å². The third kappa shape index (κ3) is 6.07. The molecule has 0 saturated carbocycles. The second kappa shape index (κ2) is 14.4. The number of benzene rings is 9. The lowest BCUT2D eigenvalue weighted by molar-refractivity contribution is 0.936. The average molecular weight is 772 g/mol. The number of thiophene rings is 1. The van der Waals surface area contributed by atoms with Gasteiger partial charge in [-0.1, -0.05) is 165 Å². The van der Waals surface area contributed by atoms with Gasteiger partial charge in [-0.05, 0) is 117 Å². The van der Waals surface area contributed by atoms with E-state index in [0.29, 0.717) is 0 Å². The Bertz CT molecular complexity index is 3350. The number of hydrogen-bond donors (Lipinski definition) is 0. The summed E-state index contributed by atoms with van der Waals surface area (Å²) in [6, 6.07) is 76.0. The van der Waals surface area contributed by atoms with E-state index >= 15 is 0 Å². The number of fused-ring (bicyclic) bond motifs is 6. The minimum Gasteiger partial charge on any atom is -0.309 e. The van der Waals surface area contributed by atoms with Crippen LogP contribution in [-0.4, -0.2) is 4.57 Å². The normalized spacial score (nSPS) is 12.2. The van der Waals surface area contributed by atoms with Crippen LogP contribution in [0.15, 0.2) is 206 Å². The van der Waals surface area contributed by atoms with Crippen LogP contribution >= 0.6 is 11.3 Å². The standard InChI is InChI=1S/C57H41NS/c1-37-15-9-10-22-46(37)51-34-42(27-30-47(51)38(2)48-24-14-26-55-57(48)50-31-28-44(36-56(50)59-55)40-18-7-4-8-19-40)43-29-32-54-52(35-43)49-23-11-12-25-53(49)58(54)45-21-13-20-41(33-45)39-16-5-3-6-17-39/h3-36,38H,1-2H3. The summed E-state index contributed by atoms with van der Waals surface area (Å²) in [7, 11) is 0. The van der Waals surface area contributed by atoms with Crippen LogP contribution in [0, 0.1) is 6.92 Å². The number of para-hydroxylation sites is 1. The van der Waals surface area contributed by atoms with Crippen molar-refractivity contribution in [3.8, 4) is 50.2 Å². The fourth-order valence-corrected chi connectivity index (χ4v) is 10.5. The summed E-state index contributed by atoms with van der Waals surface area (Å²) in [6.07, 6.45) is 0. The summed E-state index contributed by atoms with van der Waals surface area (Å²) < 4.78 is 5.08. The molecule has 59 heavy (non-hydrogen) atoms. The maximum atomic E-state index is 2.44. The van der Waals surface area contributed by atoms with E-state index in [1.54, 1.807) is 0 Å². The fourth-order valence-electron chi connectivity index (χ4n) is 9.30.